The number of hydrogen-bond donors (Lipinski definition) is 1. The second-order valence-electron chi connectivity index (χ2n) is 4.26. The molecule has 1 aliphatic heterocycles. The van der Waals surface area contributed by atoms with Gasteiger partial charge in [-0.05, 0) is 12.8 Å². The minimum Gasteiger partial charge on any atom is -0.389 e. The van der Waals surface area contributed by atoms with Crippen LogP contribution < -0.4 is 0 Å². The minimum atomic E-state index is -0.349. The van der Waals surface area contributed by atoms with Crippen LogP contribution in [0.4, 0.5) is 0 Å². The number of aliphatic hydroxyl groups is 1. The van der Waals surface area contributed by atoms with Gasteiger partial charge in [0.25, 0.3) is 0 Å². The lowest BCUT2D eigenvalue weighted by Crippen LogP contribution is -2.38. The van der Waals surface area contributed by atoms with Crippen LogP contribution in [0.2, 0.25) is 0 Å². The fourth-order valence-electron chi connectivity index (χ4n) is 1.94. The molecular formula is C10H18O2S. The lowest BCUT2D eigenvalue weighted by molar-refractivity contribution is 0.0242. The maximum absolute atomic E-state index is 10.2. The van der Waals surface area contributed by atoms with Crippen molar-refractivity contribution in [1.29, 1.82) is 0 Å². The normalized spacial score (nSPS) is 28.4. The molecule has 2 aliphatic rings. The van der Waals surface area contributed by atoms with E-state index in [1.807, 2.05) is 11.8 Å². The van der Waals surface area contributed by atoms with Crippen molar-refractivity contribution in [3.05, 3.63) is 0 Å². The summed E-state index contributed by atoms with van der Waals surface area (Å²) in [4.78, 5) is 0. The minimum absolute atomic E-state index is 0.349. The van der Waals surface area contributed by atoms with Gasteiger partial charge in [0.1, 0.15) is 0 Å². The van der Waals surface area contributed by atoms with Crippen molar-refractivity contribution in [1.82, 2.24) is 0 Å². The Balaban J connectivity index is 1.71. The lowest BCUT2D eigenvalue weighted by Gasteiger charge is -2.34. The summed E-state index contributed by atoms with van der Waals surface area (Å²) in [6.45, 7) is 1.78. The number of hydrogen-bond acceptors (Lipinski definition) is 3. The zero-order chi connectivity index (χ0) is 9.15. The van der Waals surface area contributed by atoms with E-state index < -0.39 is 0 Å². The zero-order valence-corrected chi connectivity index (χ0v) is 8.81. The third kappa shape index (κ3) is 2.61. The van der Waals surface area contributed by atoms with Crippen LogP contribution in [0, 0.1) is 0 Å². The van der Waals surface area contributed by atoms with Gasteiger partial charge < -0.3 is 9.84 Å². The molecule has 3 heteroatoms. The third-order valence-corrected chi connectivity index (χ3v) is 4.43. The summed E-state index contributed by atoms with van der Waals surface area (Å²) >= 11 is 1.89. The van der Waals surface area contributed by atoms with E-state index in [9.17, 15) is 5.11 Å². The molecular weight excluding hydrogens is 184 g/mol. The molecule has 0 aromatic carbocycles. The number of thioether (sulfide) groups is 1. The second-order valence-corrected chi connectivity index (χ2v) is 5.54. The van der Waals surface area contributed by atoms with E-state index >= 15 is 0 Å². The van der Waals surface area contributed by atoms with Crippen molar-refractivity contribution in [3.8, 4) is 0 Å². The van der Waals surface area contributed by atoms with Gasteiger partial charge in [-0.2, -0.15) is 11.8 Å². The first-order chi connectivity index (χ1) is 6.29. The van der Waals surface area contributed by atoms with Gasteiger partial charge in [-0.15, -0.1) is 0 Å². The van der Waals surface area contributed by atoms with Gasteiger partial charge in [-0.1, -0.05) is 19.3 Å². The van der Waals surface area contributed by atoms with Gasteiger partial charge in [0.15, 0.2) is 0 Å². The van der Waals surface area contributed by atoms with E-state index in [1.54, 1.807) is 0 Å². The standard InChI is InChI=1S/C10H18O2S/c11-10(4-2-1-3-5-10)8-13-9-6-12-7-9/h9,11H,1-8H2. The SMILES string of the molecule is OC1(CSC2COC2)CCCCC1. The summed E-state index contributed by atoms with van der Waals surface area (Å²) in [6, 6.07) is 0. The second kappa shape index (κ2) is 4.20. The Morgan fingerprint density at radius 2 is 1.92 bits per heavy atom. The molecule has 1 aliphatic carbocycles. The van der Waals surface area contributed by atoms with E-state index in [0.717, 1.165) is 31.8 Å². The van der Waals surface area contributed by atoms with Crippen LogP contribution in [-0.2, 0) is 4.74 Å². The van der Waals surface area contributed by atoms with Crippen LogP contribution in [0.1, 0.15) is 32.1 Å². The first-order valence-electron chi connectivity index (χ1n) is 5.20. The molecule has 0 atom stereocenters. The molecule has 76 valence electrons. The topological polar surface area (TPSA) is 29.5 Å². The molecule has 1 heterocycles. The van der Waals surface area contributed by atoms with Gasteiger partial charge in [0, 0.05) is 5.75 Å². The van der Waals surface area contributed by atoms with E-state index in [2.05, 4.69) is 0 Å². The molecule has 2 nitrogen and oxygen atoms in total. The van der Waals surface area contributed by atoms with Crippen molar-refractivity contribution in [3.63, 3.8) is 0 Å². The number of ether oxygens (including phenoxy) is 1. The lowest BCUT2D eigenvalue weighted by atomic mass is 9.86. The van der Waals surface area contributed by atoms with Gasteiger partial charge in [0.2, 0.25) is 0 Å². The molecule has 2 rings (SSSR count). The van der Waals surface area contributed by atoms with Gasteiger partial charge >= 0.3 is 0 Å². The van der Waals surface area contributed by atoms with Crippen molar-refractivity contribution in [2.24, 2.45) is 0 Å². The predicted octanol–water partition coefficient (Wildman–Crippen LogP) is 1.81. The van der Waals surface area contributed by atoms with Crippen LogP contribution in [0.15, 0.2) is 0 Å². The molecule has 0 unspecified atom stereocenters. The highest BCUT2D eigenvalue weighted by molar-refractivity contribution is 8.00. The highest BCUT2D eigenvalue weighted by atomic mass is 32.2. The van der Waals surface area contributed by atoms with Crippen molar-refractivity contribution in [2.45, 2.75) is 43.0 Å². The van der Waals surface area contributed by atoms with Gasteiger partial charge in [-0.25, -0.2) is 0 Å². The predicted molar refractivity (Wildman–Crippen MR) is 55.1 cm³/mol. The van der Waals surface area contributed by atoms with Gasteiger partial charge in [0.05, 0.1) is 24.1 Å². The van der Waals surface area contributed by atoms with E-state index in [0.29, 0.717) is 5.25 Å². The molecule has 0 amide bonds. The Labute approximate surface area is 84.0 Å². The molecule has 0 bridgehead atoms. The maximum atomic E-state index is 10.2. The first kappa shape index (κ1) is 9.81. The van der Waals surface area contributed by atoms with Crippen LogP contribution in [0.3, 0.4) is 0 Å². The smallest absolute Gasteiger partial charge is 0.0737 e. The van der Waals surface area contributed by atoms with Crippen LogP contribution in [0.5, 0.6) is 0 Å². The molecule has 1 saturated carbocycles. The molecule has 1 N–H and O–H groups in total. The molecule has 0 aromatic rings. The molecule has 0 aromatic heterocycles. The summed E-state index contributed by atoms with van der Waals surface area (Å²) in [5.74, 6) is 0.918. The quantitative estimate of drug-likeness (QED) is 0.757. The first-order valence-corrected chi connectivity index (χ1v) is 6.25. The van der Waals surface area contributed by atoms with Gasteiger partial charge in [-0.3, -0.25) is 0 Å². The molecule has 13 heavy (non-hydrogen) atoms. The summed E-state index contributed by atoms with van der Waals surface area (Å²) in [6.07, 6.45) is 5.73. The average molecular weight is 202 g/mol. The van der Waals surface area contributed by atoms with Crippen LogP contribution >= 0.6 is 11.8 Å². The Bertz CT molecular complexity index is 162. The Morgan fingerprint density at radius 3 is 2.46 bits per heavy atom. The average Bonchev–Trinajstić information content (AvgIpc) is 2.02. The Hall–Kier alpha value is 0.270. The summed E-state index contributed by atoms with van der Waals surface area (Å²) in [5, 5.41) is 10.8. The maximum Gasteiger partial charge on any atom is 0.0737 e. The highest BCUT2D eigenvalue weighted by Crippen LogP contribution is 2.33. The van der Waals surface area contributed by atoms with E-state index in [4.69, 9.17) is 4.74 Å². The molecule has 0 radical (unpaired) electrons. The Kier molecular flexibility index (Phi) is 3.17. The number of rotatable bonds is 3. The molecule has 0 spiro atoms. The van der Waals surface area contributed by atoms with Crippen molar-refractivity contribution >= 4 is 11.8 Å². The zero-order valence-electron chi connectivity index (χ0n) is 8.00. The summed E-state index contributed by atoms with van der Waals surface area (Å²) in [5.41, 5.74) is -0.349. The highest BCUT2D eigenvalue weighted by Gasteiger charge is 2.31. The summed E-state index contributed by atoms with van der Waals surface area (Å²) in [7, 11) is 0. The third-order valence-electron chi connectivity index (χ3n) is 2.98. The molecule has 2 fully saturated rings. The molecule has 1 saturated heterocycles. The van der Waals surface area contributed by atoms with E-state index in [-0.39, 0.29) is 5.60 Å². The largest absolute Gasteiger partial charge is 0.389 e. The Morgan fingerprint density at radius 1 is 1.23 bits per heavy atom. The van der Waals surface area contributed by atoms with Crippen molar-refractivity contribution in [2.75, 3.05) is 19.0 Å². The fraction of sp³-hybridized carbons (Fsp3) is 1.00. The monoisotopic (exact) mass is 202 g/mol. The summed E-state index contributed by atoms with van der Waals surface area (Å²) < 4.78 is 5.11. The fourth-order valence-corrected chi connectivity index (χ4v) is 3.16. The van der Waals surface area contributed by atoms with E-state index in [1.165, 1.54) is 19.3 Å². The van der Waals surface area contributed by atoms with Crippen molar-refractivity contribution < 1.29 is 9.84 Å². The van der Waals surface area contributed by atoms with Crippen LogP contribution in [0.25, 0.3) is 0 Å². The van der Waals surface area contributed by atoms with Crippen LogP contribution in [-0.4, -0.2) is 34.9 Å².